The molecule has 0 unspecified atom stereocenters. The number of rotatable bonds is 27. The van der Waals surface area contributed by atoms with Gasteiger partial charge in [-0.3, -0.25) is 4.79 Å². The lowest BCUT2D eigenvalue weighted by Crippen LogP contribution is -2.15. The molecule has 0 fully saturated rings. The summed E-state index contributed by atoms with van der Waals surface area (Å²) in [4.78, 5) is 43.2. The van der Waals surface area contributed by atoms with E-state index in [1.165, 1.54) is 46.6 Å². The first-order valence-corrected chi connectivity index (χ1v) is 24.6. The fourth-order valence-corrected chi connectivity index (χ4v) is 8.01. The Morgan fingerprint density at radius 2 is 0.756 bits per heavy atom. The molecule has 406 valence electrons. The Hall–Kier alpha value is -8.81. The molecular formula is C60H58O18. The number of ether oxygens (including phenoxy) is 15. The highest BCUT2D eigenvalue weighted by Gasteiger charge is 2.37. The van der Waals surface area contributed by atoms with Crippen LogP contribution in [-0.2, 0) is 54.8 Å². The van der Waals surface area contributed by atoms with Gasteiger partial charge in [-0.2, -0.15) is 0 Å². The summed E-state index contributed by atoms with van der Waals surface area (Å²) >= 11 is 0. The van der Waals surface area contributed by atoms with Crippen molar-refractivity contribution in [3.8, 4) is 68.6 Å². The van der Waals surface area contributed by atoms with Crippen molar-refractivity contribution in [3.63, 3.8) is 0 Å². The predicted octanol–water partition coefficient (Wildman–Crippen LogP) is 10.9. The van der Waals surface area contributed by atoms with Crippen LogP contribution >= 0.6 is 0 Å². The van der Waals surface area contributed by atoms with Crippen molar-refractivity contribution in [2.75, 3.05) is 68.8 Å². The topological polar surface area (TPSA) is 190 Å². The van der Waals surface area contributed by atoms with Gasteiger partial charge in [-0.1, -0.05) is 121 Å². The van der Waals surface area contributed by atoms with E-state index in [1.807, 2.05) is 121 Å². The van der Waals surface area contributed by atoms with E-state index >= 15 is 0 Å². The summed E-state index contributed by atoms with van der Waals surface area (Å²) < 4.78 is 92.2. The van der Waals surface area contributed by atoms with E-state index in [0.29, 0.717) is 6.29 Å². The van der Waals surface area contributed by atoms with Crippen molar-refractivity contribution < 1.29 is 85.4 Å². The number of hydrogen-bond donors (Lipinski definition) is 0. The molecule has 7 aromatic rings. The molecule has 8 rings (SSSR count). The minimum absolute atomic E-state index is 0.00194. The third-order valence-corrected chi connectivity index (χ3v) is 11.6. The minimum Gasteiger partial charge on any atom is -0.485 e. The maximum atomic E-state index is 14.8. The van der Waals surface area contributed by atoms with Crippen LogP contribution in [0.1, 0.15) is 59.7 Å². The van der Waals surface area contributed by atoms with Gasteiger partial charge in [0.2, 0.25) is 23.0 Å². The summed E-state index contributed by atoms with van der Waals surface area (Å²) in [5, 5.41) is 0. The molecular weight excluding hydrogens is 1010 g/mol. The lowest BCUT2D eigenvalue weighted by Gasteiger charge is -2.27. The average Bonchev–Trinajstić information content (AvgIpc) is 3.59. The van der Waals surface area contributed by atoms with Gasteiger partial charge in [0, 0.05) is 46.0 Å². The van der Waals surface area contributed by atoms with Gasteiger partial charge in [-0.25, -0.2) is 9.59 Å². The smallest absolute Gasteiger partial charge is 0.339 e. The van der Waals surface area contributed by atoms with Crippen molar-refractivity contribution >= 4 is 18.2 Å². The average molecular weight is 1070 g/mol. The van der Waals surface area contributed by atoms with Gasteiger partial charge in [-0.05, 0) is 40.5 Å². The van der Waals surface area contributed by atoms with Gasteiger partial charge in [0.15, 0.2) is 68.0 Å². The van der Waals surface area contributed by atoms with Crippen LogP contribution in [0.15, 0.2) is 140 Å². The Morgan fingerprint density at radius 3 is 1.18 bits per heavy atom. The summed E-state index contributed by atoms with van der Waals surface area (Å²) in [6.45, 7) is -1.90. The first-order valence-electron chi connectivity index (χ1n) is 24.6. The van der Waals surface area contributed by atoms with Gasteiger partial charge >= 0.3 is 11.9 Å². The monoisotopic (exact) mass is 1070 g/mol. The molecule has 1 aliphatic rings. The number of carbonyl (C=O) groups excluding carboxylic acids is 3. The van der Waals surface area contributed by atoms with Crippen LogP contribution in [0.4, 0.5) is 0 Å². The molecule has 0 atom stereocenters. The van der Waals surface area contributed by atoms with Crippen LogP contribution in [-0.4, -0.2) is 87.0 Å². The second-order valence-electron chi connectivity index (χ2n) is 17.0. The SMILES string of the molecule is COCOc1cc2c(c(OCOC)c1OCc1ccccc1)-c1c(cc(OCOC)c(Oc3c(C=O)cc(OCc4ccccc4)c(OCc4ccccc4)c3OCc3ccccc3)c1OCOC)C(=O)OCCCOC2=O. The standard InChI is InChI=1S/C60H58O18/c1-64-36-74-48-29-45-50(56(76-38-66-3)53(48)71-33-41-20-11-6-12-21-41)51-46(60(63)69-27-17-26-68-59(45)62)30-49(75-37-65-2)55(57(51)77-39-67-4)78-52-44(31-61)28-47(70-32-40-18-9-5-10-19-40)54(72-34-42-22-13-7-14-23-42)58(52)73-35-43-24-15-8-16-25-43/h5-16,18-25,28-31H,17,26-27,32-39H2,1-4H3. The van der Waals surface area contributed by atoms with Gasteiger partial charge in [0.25, 0.3) is 0 Å². The Bertz CT molecular complexity index is 3080. The first-order chi connectivity index (χ1) is 38.3. The first kappa shape index (κ1) is 55.4. The van der Waals surface area contributed by atoms with Crippen molar-refractivity contribution in [1.29, 1.82) is 0 Å². The Kier molecular flexibility index (Phi) is 20.1. The van der Waals surface area contributed by atoms with E-state index in [9.17, 15) is 14.4 Å². The third-order valence-electron chi connectivity index (χ3n) is 11.6. The summed E-state index contributed by atoms with van der Waals surface area (Å²) in [6.07, 6.45) is 0.691. The van der Waals surface area contributed by atoms with Gasteiger partial charge < -0.3 is 71.1 Å². The fourth-order valence-electron chi connectivity index (χ4n) is 8.01. The molecule has 0 saturated heterocycles. The summed E-state index contributed by atoms with van der Waals surface area (Å²) in [5.41, 5.74) is 2.37. The fraction of sp³-hybridized carbons (Fsp3) is 0.250. The maximum Gasteiger partial charge on any atom is 0.339 e. The minimum atomic E-state index is -0.887. The van der Waals surface area contributed by atoms with Gasteiger partial charge in [0.1, 0.15) is 26.4 Å². The number of carbonyl (C=O) groups is 3. The van der Waals surface area contributed by atoms with Crippen molar-refractivity contribution in [2.24, 2.45) is 0 Å². The van der Waals surface area contributed by atoms with Crippen LogP contribution in [0.3, 0.4) is 0 Å². The normalized spacial score (nSPS) is 12.1. The van der Waals surface area contributed by atoms with Crippen molar-refractivity contribution in [1.82, 2.24) is 0 Å². The van der Waals surface area contributed by atoms with Crippen LogP contribution in [0.5, 0.6) is 57.5 Å². The molecule has 0 aromatic heterocycles. The highest BCUT2D eigenvalue weighted by atomic mass is 16.7. The zero-order valence-corrected chi connectivity index (χ0v) is 43.5. The van der Waals surface area contributed by atoms with E-state index in [-0.39, 0.29) is 138 Å². The third kappa shape index (κ3) is 14.0. The number of cyclic esters (lactones) is 2. The largest absolute Gasteiger partial charge is 0.485 e. The predicted molar refractivity (Wildman–Crippen MR) is 282 cm³/mol. The number of benzene rings is 7. The molecule has 0 N–H and O–H groups in total. The zero-order valence-electron chi connectivity index (χ0n) is 43.5. The molecule has 0 spiro atoms. The highest BCUT2D eigenvalue weighted by Crippen LogP contribution is 2.58. The van der Waals surface area contributed by atoms with Crippen molar-refractivity contribution in [3.05, 3.63) is 178 Å². The summed E-state index contributed by atoms with van der Waals surface area (Å²) in [5.74, 6) is -2.78. The van der Waals surface area contributed by atoms with Crippen LogP contribution in [0.2, 0.25) is 0 Å². The summed E-state index contributed by atoms with van der Waals surface area (Å²) in [6, 6.07) is 41.6. The maximum absolute atomic E-state index is 14.8. The Morgan fingerprint density at radius 1 is 0.397 bits per heavy atom. The van der Waals surface area contributed by atoms with Crippen molar-refractivity contribution in [2.45, 2.75) is 32.8 Å². The molecule has 1 heterocycles. The van der Waals surface area contributed by atoms with E-state index in [2.05, 4.69) is 0 Å². The number of aldehydes is 1. The molecule has 18 nitrogen and oxygen atoms in total. The second-order valence-corrected chi connectivity index (χ2v) is 17.0. The number of esters is 2. The van der Waals surface area contributed by atoms with Gasteiger partial charge in [-0.15, -0.1) is 0 Å². The van der Waals surface area contributed by atoms with Crippen LogP contribution < -0.4 is 42.6 Å². The Labute approximate surface area is 451 Å². The highest BCUT2D eigenvalue weighted by molar-refractivity contribution is 6.09. The van der Waals surface area contributed by atoms with Crippen LogP contribution in [0.25, 0.3) is 11.1 Å². The van der Waals surface area contributed by atoms with E-state index < -0.39 is 32.3 Å². The van der Waals surface area contributed by atoms with E-state index in [4.69, 9.17) is 71.1 Å². The summed E-state index contributed by atoms with van der Waals surface area (Å²) in [7, 11) is 5.60. The Balaban J connectivity index is 1.45. The number of hydrogen-bond acceptors (Lipinski definition) is 18. The number of fused-ring (bicyclic) bond motifs is 3. The number of methoxy groups -OCH3 is 4. The van der Waals surface area contributed by atoms with E-state index in [1.54, 1.807) is 0 Å². The lowest BCUT2D eigenvalue weighted by atomic mass is 9.91. The molecule has 0 radical (unpaired) electrons. The quantitative estimate of drug-likeness (QED) is 0.0268. The van der Waals surface area contributed by atoms with Crippen LogP contribution in [0, 0.1) is 0 Å². The molecule has 0 saturated carbocycles. The molecule has 1 aliphatic heterocycles. The molecule has 0 bridgehead atoms. The second kappa shape index (κ2) is 28.4. The molecule has 0 aliphatic carbocycles. The molecule has 18 heteroatoms. The molecule has 78 heavy (non-hydrogen) atoms. The molecule has 7 aromatic carbocycles. The zero-order chi connectivity index (χ0) is 54.5. The lowest BCUT2D eigenvalue weighted by molar-refractivity contribution is 0.0372. The molecule has 0 amide bonds. The van der Waals surface area contributed by atoms with E-state index in [0.717, 1.165) is 22.3 Å². The van der Waals surface area contributed by atoms with Gasteiger partial charge in [0.05, 0.1) is 29.9 Å².